The van der Waals surface area contributed by atoms with Crippen LogP contribution in [0, 0.1) is 5.92 Å². The van der Waals surface area contributed by atoms with Crippen molar-refractivity contribution in [2.45, 2.75) is 19.3 Å². The van der Waals surface area contributed by atoms with Crippen LogP contribution in [0.25, 0.3) is 0 Å². The molecule has 120 valence electrons. The molecule has 0 unspecified atom stereocenters. The summed E-state index contributed by atoms with van der Waals surface area (Å²) in [5.41, 5.74) is 1.06. The molecular weight excluding hydrogens is 306 g/mol. The van der Waals surface area contributed by atoms with Crippen LogP contribution < -0.4 is 5.32 Å². The van der Waals surface area contributed by atoms with Crippen molar-refractivity contribution in [2.75, 3.05) is 18.1 Å². The van der Waals surface area contributed by atoms with Gasteiger partial charge in [0.15, 0.2) is 0 Å². The van der Waals surface area contributed by atoms with Crippen LogP contribution in [0.1, 0.15) is 28.8 Å². The molecule has 0 spiro atoms. The second-order valence-corrected chi connectivity index (χ2v) is 7.78. The molecule has 0 bridgehead atoms. The van der Waals surface area contributed by atoms with E-state index in [1.807, 2.05) is 6.07 Å². The van der Waals surface area contributed by atoms with Gasteiger partial charge in [-0.05, 0) is 37.0 Å². The third-order valence-corrected chi connectivity index (χ3v) is 5.53. The highest BCUT2D eigenvalue weighted by Crippen LogP contribution is 2.18. The number of benzene rings is 1. The molecule has 1 aliphatic rings. The van der Waals surface area contributed by atoms with Gasteiger partial charge in [0.1, 0.15) is 9.84 Å². The summed E-state index contributed by atoms with van der Waals surface area (Å²) < 4.78 is 22.7. The first kappa shape index (κ1) is 16.5. The Kier molecular flexibility index (Phi) is 5.18. The fourth-order valence-corrected chi connectivity index (χ4v) is 3.98. The summed E-state index contributed by atoms with van der Waals surface area (Å²) in [6.07, 6.45) is 1.29. The first-order chi connectivity index (χ1) is 10.4. The monoisotopic (exact) mass is 325 g/mol. The zero-order valence-corrected chi connectivity index (χ0v) is 12.9. The second-order valence-electron chi connectivity index (χ2n) is 5.47. The third kappa shape index (κ3) is 4.56. The summed E-state index contributed by atoms with van der Waals surface area (Å²) in [4.78, 5) is 22.8. The molecule has 0 aliphatic carbocycles. The van der Waals surface area contributed by atoms with Gasteiger partial charge in [0.25, 0.3) is 0 Å². The number of nitrogens with one attached hydrogen (secondary N) is 1. The van der Waals surface area contributed by atoms with Gasteiger partial charge in [-0.1, -0.05) is 12.1 Å². The molecule has 0 atom stereocenters. The zero-order chi connectivity index (χ0) is 16.2. The molecule has 1 amide bonds. The number of rotatable bonds is 5. The van der Waals surface area contributed by atoms with Crippen LogP contribution in [0.5, 0.6) is 0 Å². The molecule has 6 nitrogen and oxygen atoms in total. The molecule has 2 N–H and O–H groups in total. The van der Waals surface area contributed by atoms with Gasteiger partial charge in [-0.15, -0.1) is 0 Å². The minimum absolute atomic E-state index is 0.0751. The van der Waals surface area contributed by atoms with Gasteiger partial charge in [-0.3, -0.25) is 4.79 Å². The van der Waals surface area contributed by atoms with Crippen molar-refractivity contribution in [3.8, 4) is 0 Å². The summed E-state index contributed by atoms with van der Waals surface area (Å²) in [5, 5.41) is 11.7. The Morgan fingerprint density at radius 3 is 2.55 bits per heavy atom. The Morgan fingerprint density at radius 1 is 1.23 bits per heavy atom. The van der Waals surface area contributed by atoms with Gasteiger partial charge in [-0.2, -0.15) is 0 Å². The normalized spacial score (nSPS) is 17.8. The fourth-order valence-electron chi connectivity index (χ4n) is 2.49. The average Bonchev–Trinajstić information content (AvgIpc) is 2.47. The van der Waals surface area contributed by atoms with Crippen LogP contribution in [0.15, 0.2) is 24.3 Å². The quantitative estimate of drug-likeness (QED) is 0.836. The van der Waals surface area contributed by atoms with E-state index in [0.29, 0.717) is 25.8 Å². The van der Waals surface area contributed by atoms with E-state index in [9.17, 15) is 18.0 Å². The highest BCUT2D eigenvalue weighted by Gasteiger charge is 2.28. The lowest BCUT2D eigenvalue weighted by Gasteiger charge is -2.21. The molecule has 1 aromatic rings. The SMILES string of the molecule is O=C(O)c1cccc(CCNC(=O)C2CCS(=O)(=O)CC2)c1. The van der Waals surface area contributed by atoms with Crippen molar-refractivity contribution < 1.29 is 23.1 Å². The lowest BCUT2D eigenvalue weighted by molar-refractivity contribution is -0.125. The lowest BCUT2D eigenvalue weighted by Crippen LogP contribution is -2.37. The van der Waals surface area contributed by atoms with Gasteiger partial charge < -0.3 is 10.4 Å². The first-order valence-electron chi connectivity index (χ1n) is 7.18. The van der Waals surface area contributed by atoms with Crippen molar-refractivity contribution in [1.29, 1.82) is 0 Å². The number of sulfone groups is 1. The fraction of sp³-hybridized carbons (Fsp3) is 0.467. The summed E-state index contributed by atoms with van der Waals surface area (Å²) in [7, 11) is -2.96. The third-order valence-electron chi connectivity index (χ3n) is 3.81. The Balaban J connectivity index is 1.80. The number of aromatic carboxylic acids is 1. The van der Waals surface area contributed by atoms with Crippen LogP contribution in [-0.2, 0) is 21.1 Å². The lowest BCUT2D eigenvalue weighted by atomic mass is 10.0. The van der Waals surface area contributed by atoms with Crippen LogP contribution in [0.4, 0.5) is 0 Å². The molecule has 1 aromatic carbocycles. The summed E-state index contributed by atoms with van der Waals surface area (Å²) >= 11 is 0. The minimum Gasteiger partial charge on any atom is -0.478 e. The van der Waals surface area contributed by atoms with Crippen molar-refractivity contribution in [2.24, 2.45) is 5.92 Å². The first-order valence-corrected chi connectivity index (χ1v) is 9.00. The van der Waals surface area contributed by atoms with Crippen LogP contribution in [0.2, 0.25) is 0 Å². The van der Waals surface area contributed by atoms with E-state index in [-0.39, 0.29) is 28.9 Å². The van der Waals surface area contributed by atoms with E-state index < -0.39 is 15.8 Å². The highest BCUT2D eigenvalue weighted by atomic mass is 32.2. The summed E-state index contributed by atoms with van der Waals surface area (Å²) in [5.74, 6) is -1.19. The number of carbonyl (C=O) groups is 2. The smallest absolute Gasteiger partial charge is 0.335 e. The number of hydrogen-bond acceptors (Lipinski definition) is 4. The molecular formula is C15H19NO5S. The average molecular weight is 325 g/mol. The van der Waals surface area contributed by atoms with Crippen LogP contribution in [0.3, 0.4) is 0 Å². The topological polar surface area (TPSA) is 101 Å². The van der Waals surface area contributed by atoms with Gasteiger partial charge in [0.05, 0.1) is 17.1 Å². The molecule has 1 saturated heterocycles. The van der Waals surface area contributed by atoms with Crippen molar-refractivity contribution >= 4 is 21.7 Å². The summed E-state index contributed by atoms with van der Waals surface area (Å²) in [6.45, 7) is 0.408. The number of carbonyl (C=O) groups excluding carboxylic acids is 1. The number of carboxylic acid groups (broad SMARTS) is 1. The predicted octanol–water partition coefficient (Wildman–Crippen LogP) is 0.868. The van der Waals surface area contributed by atoms with Gasteiger partial charge in [0.2, 0.25) is 5.91 Å². The van der Waals surface area contributed by atoms with E-state index in [1.54, 1.807) is 12.1 Å². The Labute approximate surface area is 129 Å². The van der Waals surface area contributed by atoms with E-state index in [0.717, 1.165) is 5.56 Å². The Bertz CT molecular complexity index is 654. The van der Waals surface area contributed by atoms with Crippen molar-refractivity contribution in [1.82, 2.24) is 5.32 Å². The number of carboxylic acids is 1. The van der Waals surface area contributed by atoms with Crippen LogP contribution >= 0.6 is 0 Å². The van der Waals surface area contributed by atoms with Crippen molar-refractivity contribution in [3.63, 3.8) is 0 Å². The molecule has 7 heteroatoms. The number of amides is 1. The summed E-state index contributed by atoms with van der Waals surface area (Å²) in [6, 6.07) is 6.59. The molecule has 2 rings (SSSR count). The van der Waals surface area contributed by atoms with E-state index >= 15 is 0 Å². The van der Waals surface area contributed by atoms with E-state index in [4.69, 9.17) is 5.11 Å². The zero-order valence-electron chi connectivity index (χ0n) is 12.1. The standard InChI is InChI=1S/C15H19NO5S/c17-14(12-5-8-22(20,21)9-6-12)16-7-4-11-2-1-3-13(10-11)15(18)19/h1-3,10,12H,4-9H2,(H,16,17)(H,18,19). The van der Waals surface area contributed by atoms with Gasteiger partial charge >= 0.3 is 5.97 Å². The molecule has 1 fully saturated rings. The molecule has 0 radical (unpaired) electrons. The Morgan fingerprint density at radius 2 is 1.91 bits per heavy atom. The molecule has 22 heavy (non-hydrogen) atoms. The molecule has 0 saturated carbocycles. The molecule has 1 aliphatic heterocycles. The maximum absolute atomic E-state index is 12.0. The van der Waals surface area contributed by atoms with E-state index in [1.165, 1.54) is 6.07 Å². The largest absolute Gasteiger partial charge is 0.478 e. The maximum atomic E-state index is 12.0. The van der Waals surface area contributed by atoms with Gasteiger partial charge in [-0.25, -0.2) is 13.2 Å². The molecule has 1 heterocycles. The molecule has 0 aromatic heterocycles. The second kappa shape index (κ2) is 6.91. The van der Waals surface area contributed by atoms with E-state index in [2.05, 4.69) is 5.32 Å². The van der Waals surface area contributed by atoms with Gasteiger partial charge in [0, 0.05) is 12.5 Å². The Hall–Kier alpha value is -1.89. The highest BCUT2D eigenvalue weighted by molar-refractivity contribution is 7.91. The van der Waals surface area contributed by atoms with Crippen molar-refractivity contribution in [3.05, 3.63) is 35.4 Å². The van der Waals surface area contributed by atoms with Crippen LogP contribution in [-0.4, -0.2) is 43.5 Å². The number of hydrogen-bond donors (Lipinski definition) is 2. The minimum atomic E-state index is -2.96. The maximum Gasteiger partial charge on any atom is 0.335 e. The predicted molar refractivity (Wildman–Crippen MR) is 81.5 cm³/mol.